The van der Waals surface area contributed by atoms with Crippen LogP contribution in [0.1, 0.15) is 21.6 Å². The molecule has 8 heteroatoms. The summed E-state index contributed by atoms with van der Waals surface area (Å²) >= 11 is 0. The first-order valence-corrected chi connectivity index (χ1v) is 11.2. The highest BCUT2D eigenvalue weighted by atomic mass is 31.0. The summed E-state index contributed by atoms with van der Waals surface area (Å²) in [5, 5.41) is 6.57. The quantitative estimate of drug-likeness (QED) is 0.358. The number of nitrogens with zero attached hydrogens (tertiary/aromatic N) is 2. The fourth-order valence-corrected chi connectivity index (χ4v) is 4.29. The molecule has 2 heterocycles. The number of amides is 1. The van der Waals surface area contributed by atoms with Crippen molar-refractivity contribution in [3.05, 3.63) is 101 Å². The van der Waals surface area contributed by atoms with Crippen molar-refractivity contribution in [2.75, 3.05) is 15.5 Å². The van der Waals surface area contributed by atoms with Crippen LogP contribution in [0.3, 0.4) is 0 Å². The second-order valence-electron chi connectivity index (χ2n) is 8.07. The van der Waals surface area contributed by atoms with Crippen LogP contribution < -0.4 is 20.8 Å². The first-order chi connectivity index (χ1) is 16.4. The van der Waals surface area contributed by atoms with E-state index in [1.54, 1.807) is 17.2 Å². The van der Waals surface area contributed by atoms with Gasteiger partial charge in [-0.1, -0.05) is 6.07 Å². The molecule has 1 unspecified atom stereocenters. The minimum atomic E-state index is -0.914. The van der Waals surface area contributed by atoms with Crippen LogP contribution in [-0.2, 0) is 6.54 Å². The molecule has 3 aromatic carbocycles. The summed E-state index contributed by atoms with van der Waals surface area (Å²) in [6, 6.07) is 19.4. The number of hydrogen-bond acceptors (Lipinski definition) is 4. The monoisotopic (exact) mass is 474 g/mol. The average molecular weight is 474 g/mol. The molecule has 0 fully saturated rings. The Kier molecular flexibility index (Phi) is 5.72. The summed E-state index contributed by atoms with van der Waals surface area (Å²) in [6.45, 7) is 2.36. The molecule has 2 N–H and O–H groups in total. The Bertz CT molecular complexity index is 1430. The number of carbonyl (C=O) groups is 1. The second-order valence-corrected chi connectivity index (χ2v) is 8.65. The molecule has 34 heavy (non-hydrogen) atoms. The van der Waals surface area contributed by atoms with Gasteiger partial charge in [0.25, 0.3) is 5.91 Å². The zero-order chi connectivity index (χ0) is 23.8. The van der Waals surface area contributed by atoms with E-state index in [4.69, 9.17) is 0 Å². The number of fused-ring (bicyclic) bond motifs is 1. The number of carbonyl (C=O) groups excluding carboxylic acids is 1. The lowest BCUT2D eigenvalue weighted by Gasteiger charge is -2.18. The number of aryl methyl sites for hydroxylation is 1. The molecule has 5 rings (SSSR count). The van der Waals surface area contributed by atoms with Crippen molar-refractivity contribution >= 4 is 48.9 Å². The molecule has 1 aliphatic rings. The van der Waals surface area contributed by atoms with Crippen LogP contribution in [0.2, 0.25) is 0 Å². The maximum atomic E-state index is 13.9. The molecule has 170 valence electrons. The molecule has 4 aromatic rings. The second kappa shape index (κ2) is 8.84. The smallest absolute Gasteiger partial charge is 0.258 e. The van der Waals surface area contributed by atoms with Crippen LogP contribution in [0.25, 0.3) is 0 Å². The predicted molar refractivity (Wildman–Crippen MR) is 135 cm³/mol. The van der Waals surface area contributed by atoms with Crippen molar-refractivity contribution in [3.63, 3.8) is 0 Å². The molecule has 0 saturated carbocycles. The van der Waals surface area contributed by atoms with Crippen molar-refractivity contribution in [1.82, 2.24) is 4.98 Å². The average Bonchev–Trinajstić information content (AvgIpc) is 3.15. The van der Waals surface area contributed by atoms with E-state index in [2.05, 4.69) is 24.9 Å². The zero-order valence-corrected chi connectivity index (χ0v) is 19.4. The number of anilines is 5. The minimum absolute atomic E-state index is 0.0852. The number of benzene rings is 3. The molecule has 1 atom stereocenters. The molecule has 5 nitrogen and oxygen atoms in total. The highest BCUT2D eigenvalue weighted by Crippen LogP contribution is 2.32. The molecule has 0 spiro atoms. The van der Waals surface area contributed by atoms with Gasteiger partial charge in [0.15, 0.2) is 11.6 Å². The fourth-order valence-electron chi connectivity index (χ4n) is 3.98. The van der Waals surface area contributed by atoms with Gasteiger partial charge in [0, 0.05) is 51.2 Å². The SMILES string of the molecule is Cc1cc(Nc2ccc3c(c2)CN(c2cccc(Nc4ccc(F)c(F)c4P)c2)C3=O)ccn1. The third-order valence-electron chi connectivity index (χ3n) is 5.66. The summed E-state index contributed by atoms with van der Waals surface area (Å²) in [7, 11) is 2.21. The van der Waals surface area contributed by atoms with Crippen LogP contribution >= 0.6 is 9.24 Å². The molecule has 0 saturated heterocycles. The van der Waals surface area contributed by atoms with Crippen LogP contribution in [0.5, 0.6) is 0 Å². The van der Waals surface area contributed by atoms with E-state index in [9.17, 15) is 13.6 Å². The lowest BCUT2D eigenvalue weighted by atomic mass is 10.1. The van der Waals surface area contributed by atoms with Gasteiger partial charge in [-0.2, -0.15) is 0 Å². The maximum Gasteiger partial charge on any atom is 0.258 e. The largest absolute Gasteiger partial charge is 0.355 e. The molecular weight excluding hydrogens is 453 g/mol. The Morgan fingerprint density at radius 1 is 0.941 bits per heavy atom. The van der Waals surface area contributed by atoms with Gasteiger partial charge in [-0.05, 0) is 73.2 Å². The van der Waals surface area contributed by atoms with Crippen molar-refractivity contribution in [2.45, 2.75) is 13.5 Å². The van der Waals surface area contributed by atoms with E-state index in [1.807, 2.05) is 55.5 Å². The molecule has 1 amide bonds. The first-order valence-electron chi connectivity index (χ1n) is 10.6. The van der Waals surface area contributed by atoms with Crippen LogP contribution in [-0.4, -0.2) is 10.9 Å². The Labute approximate surface area is 198 Å². The van der Waals surface area contributed by atoms with Crippen molar-refractivity contribution in [3.8, 4) is 0 Å². The highest BCUT2D eigenvalue weighted by molar-refractivity contribution is 7.28. The highest BCUT2D eigenvalue weighted by Gasteiger charge is 2.28. The Hall–Kier alpha value is -3.83. The number of aromatic nitrogens is 1. The Morgan fingerprint density at radius 2 is 1.74 bits per heavy atom. The van der Waals surface area contributed by atoms with E-state index in [0.717, 1.165) is 28.7 Å². The van der Waals surface area contributed by atoms with Gasteiger partial charge in [-0.3, -0.25) is 9.78 Å². The molecule has 1 aromatic heterocycles. The third kappa shape index (κ3) is 4.22. The number of hydrogen-bond donors (Lipinski definition) is 2. The first kappa shape index (κ1) is 22.0. The lowest BCUT2D eigenvalue weighted by molar-refractivity contribution is 0.0996. The number of rotatable bonds is 5. The topological polar surface area (TPSA) is 57.3 Å². The number of pyridine rings is 1. The van der Waals surface area contributed by atoms with Crippen LogP contribution in [0.15, 0.2) is 72.9 Å². The van der Waals surface area contributed by atoms with E-state index in [-0.39, 0.29) is 11.2 Å². The molecule has 0 aliphatic carbocycles. The molecule has 1 aliphatic heterocycles. The van der Waals surface area contributed by atoms with Crippen LogP contribution in [0, 0.1) is 18.6 Å². The van der Waals surface area contributed by atoms with Gasteiger partial charge in [-0.15, -0.1) is 9.24 Å². The van der Waals surface area contributed by atoms with Gasteiger partial charge < -0.3 is 15.5 Å². The summed E-state index contributed by atoms with van der Waals surface area (Å²) < 4.78 is 27.4. The minimum Gasteiger partial charge on any atom is -0.355 e. The standard InChI is InChI=1S/C26H21F2N4OP/c1-15-11-19(9-10-29-15)30-18-5-6-21-16(12-18)14-32(26(21)33)20-4-2-3-17(13-20)31-23-8-7-22(27)24(28)25(23)34/h2-13,31H,14,34H2,1H3,(H,29,30). The van der Waals surface area contributed by atoms with Gasteiger partial charge in [-0.25, -0.2) is 8.78 Å². The predicted octanol–water partition coefficient (Wildman–Crippen LogP) is 5.82. The van der Waals surface area contributed by atoms with Gasteiger partial charge in [0.05, 0.1) is 6.54 Å². The molecular formula is C26H21F2N4OP. The molecule has 0 bridgehead atoms. The van der Waals surface area contributed by atoms with E-state index in [1.165, 1.54) is 6.07 Å². The Morgan fingerprint density at radius 3 is 2.56 bits per heavy atom. The normalized spacial score (nSPS) is 12.6. The summed E-state index contributed by atoms with van der Waals surface area (Å²) in [6.07, 6.45) is 1.75. The van der Waals surface area contributed by atoms with E-state index >= 15 is 0 Å². The van der Waals surface area contributed by atoms with Crippen molar-refractivity contribution < 1.29 is 13.6 Å². The third-order valence-corrected chi connectivity index (χ3v) is 6.23. The summed E-state index contributed by atoms with van der Waals surface area (Å²) in [4.78, 5) is 19.0. The van der Waals surface area contributed by atoms with Gasteiger partial charge >= 0.3 is 0 Å². The van der Waals surface area contributed by atoms with Gasteiger partial charge in [0.2, 0.25) is 0 Å². The van der Waals surface area contributed by atoms with E-state index < -0.39 is 11.6 Å². The fraction of sp³-hybridized carbons (Fsp3) is 0.0769. The number of nitrogens with one attached hydrogen (secondary N) is 2. The van der Waals surface area contributed by atoms with Gasteiger partial charge in [0.1, 0.15) is 0 Å². The Balaban J connectivity index is 1.37. The number of halogens is 2. The van der Waals surface area contributed by atoms with E-state index in [0.29, 0.717) is 29.2 Å². The summed E-state index contributed by atoms with van der Waals surface area (Å²) in [5.74, 6) is -1.90. The molecule has 0 radical (unpaired) electrons. The van der Waals surface area contributed by atoms with Crippen molar-refractivity contribution in [2.24, 2.45) is 0 Å². The van der Waals surface area contributed by atoms with Crippen molar-refractivity contribution in [1.29, 1.82) is 0 Å². The maximum absolute atomic E-state index is 13.9. The summed E-state index contributed by atoms with van der Waals surface area (Å²) in [5.41, 5.74) is 6.11. The zero-order valence-electron chi connectivity index (χ0n) is 18.3. The lowest BCUT2D eigenvalue weighted by Crippen LogP contribution is -2.23. The van der Waals surface area contributed by atoms with Crippen LogP contribution in [0.4, 0.5) is 37.2 Å².